The van der Waals surface area contributed by atoms with Crippen LogP contribution in [0.3, 0.4) is 0 Å². The first-order valence-electron chi connectivity index (χ1n) is 9.37. The van der Waals surface area contributed by atoms with Crippen LogP contribution in [0.2, 0.25) is 18.1 Å². The Morgan fingerprint density at radius 1 is 1.00 bits per heavy atom. The van der Waals surface area contributed by atoms with Crippen LogP contribution in [-0.4, -0.2) is 52.0 Å². The maximum atomic E-state index is 6.22. The van der Waals surface area contributed by atoms with E-state index in [-0.39, 0.29) is 12.5 Å². The SMILES string of the molecule is CCO[Si](CC)(CC)CCCN(C1CCCO1)C1CCCO1. The molecule has 0 aromatic rings. The van der Waals surface area contributed by atoms with Gasteiger partial charge in [-0.05, 0) is 57.2 Å². The highest BCUT2D eigenvalue weighted by molar-refractivity contribution is 6.73. The molecule has 2 fully saturated rings. The Kier molecular flexibility index (Phi) is 7.84. The first-order chi connectivity index (χ1) is 10.7. The van der Waals surface area contributed by atoms with E-state index in [1.807, 2.05) is 0 Å². The Bertz CT molecular complexity index is 284. The normalized spacial score (nSPS) is 26.2. The Balaban J connectivity index is 1.87. The minimum Gasteiger partial charge on any atom is -0.417 e. The van der Waals surface area contributed by atoms with Crippen molar-refractivity contribution in [2.24, 2.45) is 0 Å². The predicted molar refractivity (Wildman–Crippen MR) is 92.4 cm³/mol. The zero-order valence-electron chi connectivity index (χ0n) is 14.8. The fourth-order valence-electron chi connectivity index (χ4n) is 3.89. The van der Waals surface area contributed by atoms with Crippen LogP contribution in [-0.2, 0) is 13.9 Å². The van der Waals surface area contributed by atoms with Crippen LogP contribution >= 0.6 is 0 Å². The van der Waals surface area contributed by atoms with Crippen LogP contribution in [0.4, 0.5) is 0 Å². The lowest BCUT2D eigenvalue weighted by atomic mass is 10.2. The third kappa shape index (κ3) is 4.77. The molecule has 0 radical (unpaired) electrons. The van der Waals surface area contributed by atoms with Crippen molar-refractivity contribution in [2.75, 3.05) is 26.4 Å². The molecule has 2 heterocycles. The summed E-state index contributed by atoms with van der Waals surface area (Å²) in [5.41, 5.74) is 0. The van der Waals surface area contributed by atoms with Gasteiger partial charge >= 0.3 is 0 Å². The summed E-state index contributed by atoms with van der Waals surface area (Å²) in [5.74, 6) is 0. The molecule has 22 heavy (non-hydrogen) atoms. The second-order valence-corrected chi connectivity index (χ2v) is 11.2. The van der Waals surface area contributed by atoms with Crippen LogP contribution in [0, 0.1) is 0 Å². The standard InChI is InChI=1S/C17H35NO3Si/c1-4-21-22(5-2,6-3)15-9-12-18(16-10-7-13-19-16)17-11-8-14-20-17/h16-17H,4-15H2,1-3H3. The highest BCUT2D eigenvalue weighted by Crippen LogP contribution is 2.28. The van der Waals surface area contributed by atoms with Gasteiger partial charge in [0.05, 0.1) is 0 Å². The molecule has 0 aromatic carbocycles. The fourth-order valence-corrected chi connectivity index (χ4v) is 7.06. The summed E-state index contributed by atoms with van der Waals surface area (Å²) >= 11 is 0. The van der Waals surface area contributed by atoms with Crippen molar-refractivity contribution < 1.29 is 13.9 Å². The molecule has 2 aliphatic rings. The third-order valence-corrected chi connectivity index (χ3v) is 10.1. The van der Waals surface area contributed by atoms with Gasteiger partial charge in [0.15, 0.2) is 8.32 Å². The molecule has 2 aliphatic heterocycles. The van der Waals surface area contributed by atoms with Gasteiger partial charge in [-0.15, -0.1) is 0 Å². The number of hydrogen-bond acceptors (Lipinski definition) is 4. The molecule has 0 spiro atoms. The molecule has 2 rings (SSSR count). The van der Waals surface area contributed by atoms with Crippen molar-refractivity contribution in [2.45, 2.75) is 83.5 Å². The molecule has 0 aromatic heterocycles. The summed E-state index contributed by atoms with van der Waals surface area (Å²) in [6.07, 6.45) is 6.49. The lowest BCUT2D eigenvalue weighted by Gasteiger charge is -2.34. The Hall–Kier alpha value is 0.0569. The molecule has 0 bridgehead atoms. The van der Waals surface area contributed by atoms with E-state index in [0.29, 0.717) is 0 Å². The molecule has 4 nitrogen and oxygen atoms in total. The molecule has 2 atom stereocenters. The van der Waals surface area contributed by atoms with Crippen molar-refractivity contribution in [3.8, 4) is 0 Å². The van der Waals surface area contributed by atoms with Crippen LogP contribution in [0.1, 0.15) is 52.9 Å². The first kappa shape index (κ1) is 18.4. The highest BCUT2D eigenvalue weighted by Gasteiger charge is 2.34. The van der Waals surface area contributed by atoms with E-state index in [0.717, 1.165) is 39.2 Å². The minimum atomic E-state index is -1.50. The highest BCUT2D eigenvalue weighted by atomic mass is 28.4. The topological polar surface area (TPSA) is 30.9 Å². The van der Waals surface area contributed by atoms with Crippen LogP contribution in [0.15, 0.2) is 0 Å². The third-order valence-electron chi connectivity index (χ3n) is 5.34. The Morgan fingerprint density at radius 3 is 2.00 bits per heavy atom. The smallest absolute Gasteiger partial charge is 0.192 e. The van der Waals surface area contributed by atoms with Crippen molar-refractivity contribution in [1.29, 1.82) is 0 Å². The Morgan fingerprint density at radius 2 is 1.59 bits per heavy atom. The predicted octanol–water partition coefficient (Wildman–Crippen LogP) is 3.97. The molecule has 0 amide bonds. The average Bonchev–Trinajstić information content (AvgIpc) is 3.23. The van der Waals surface area contributed by atoms with Gasteiger partial charge in [-0.3, -0.25) is 4.90 Å². The second-order valence-electron chi connectivity index (χ2n) is 6.60. The second kappa shape index (κ2) is 9.38. The molecular weight excluding hydrogens is 294 g/mol. The average molecular weight is 330 g/mol. The van der Waals surface area contributed by atoms with Crippen molar-refractivity contribution in [3.63, 3.8) is 0 Å². The van der Waals surface area contributed by atoms with E-state index in [1.54, 1.807) is 0 Å². The molecule has 0 saturated carbocycles. The Labute approximate surface area is 137 Å². The van der Waals surface area contributed by atoms with Crippen molar-refractivity contribution in [3.05, 3.63) is 0 Å². The molecule has 5 heteroatoms. The minimum absolute atomic E-state index is 0.287. The van der Waals surface area contributed by atoms with E-state index in [2.05, 4.69) is 25.7 Å². The number of nitrogens with zero attached hydrogens (tertiary/aromatic N) is 1. The summed E-state index contributed by atoms with van der Waals surface area (Å²) in [6, 6.07) is 3.73. The van der Waals surface area contributed by atoms with Gasteiger partial charge in [-0.2, -0.15) is 0 Å². The van der Waals surface area contributed by atoms with Crippen molar-refractivity contribution >= 4 is 8.32 Å². The summed E-state index contributed by atoms with van der Waals surface area (Å²) in [4.78, 5) is 2.50. The van der Waals surface area contributed by atoms with Crippen LogP contribution < -0.4 is 0 Å². The first-order valence-corrected chi connectivity index (χ1v) is 11.9. The molecule has 130 valence electrons. The maximum absolute atomic E-state index is 6.22. The molecule has 0 aliphatic carbocycles. The van der Waals surface area contributed by atoms with E-state index < -0.39 is 8.32 Å². The van der Waals surface area contributed by atoms with Gasteiger partial charge in [0.25, 0.3) is 0 Å². The largest absolute Gasteiger partial charge is 0.417 e. The van der Waals surface area contributed by atoms with E-state index in [4.69, 9.17) is 13.9 Å². The number of hydrogen-bond donors (Lipinski definition) is 0. The lowest BCUT2D eigenvalue weighted by Crippen LogP contribution is -2.44. The molecule has 2 saturated heterocycles. The van der Waals surface area contributed by atoms with Crippen molar-refractivity contribution in [1.82, 2.24) is 4.90 Å². The van der Waals surface area contributed by atoms with Crippen LogP contribution in [0.25, 0.3) is 0 Å². The van der Waals surface area contributed by atoms with Gasteiger partial charge in [0.2, 0.25) is 0 Å². The summed E-state index contributed by atoms with van der Waals surface area (Å²) < 4.78 is 18.1. The quantitative estimate of drug-likeness (QED) is 0.567. The van der Waals surface area contributed by atoms with Gasteiger partial charge in [-0.25, -0.2) is 0 Å². The van der Waals surface area contributed by atoms with Gasteiger partial charge < -0.3 is 13.9 Å². The van der Waals surface area contributed by atoms with E-state index >= 15 is 0 Å². The fraction of sp³-hybridized carbons (Fsp3) is 1.00. The molecule has 0 N–H and O–H groups in total. The number of rotatable bonds is 10. The maximum Gasteiger partial charge on any atom is 0.192 e. The van der Waals surface area contributed by atoms with E-state index in [9.17, 15) is 0 Å². The molecular formula is C17H35NO3Si. The lowest BCUT2D eigenvalue weighted by molar-refractivity contribution is -0.116. The van der Waals surface area contributed by atoms with Gasteiger partial charge in [-0.1, -0.05) is 13.8 Å². The molecule has 2 unspecified atom stereocenters. The van der Waals surface area contributed by atoms with E-state index in [1.165, 1.54) is 37.4 Å². The summed E-state index contributed by atoms with van der Waals surface area (Å²) in [7, 11) is -1.50. The number of ether oxygens (including phenoxy) is 2. The summed E-state index contributed by atoms with van der Waals surface area (Å²) in [6.45, 7) is 10.5. The zero-order valence-corrected chi connectivity index (χ0v) is 15.8. The zero-order chi connectivity index (χ0) is 15.8. The summed E-state index contributed by atoms with van der Waals surface area (Å²) in [5, 5.41) is 0. The van der Waals surface area contributed by atoms with Gasteiger partial charge in [0.1, 0.15) is 12.5 Å². The monoisotopic (exact) mass is 329 g/mol. The van der Waals surface area contributed by atoms with Crippen LogP contribution in [0.5, 0.6) is 0 Å². The van der Waals surface area contributed by atoms with Gasteiger partial charge in [0, 0.05) is 26.4 Å².